The molecular formula is C10H14O4. The molecule has 1 aromatic carbocycles. The molecule has 1 rings (SSSR count). The molecule has 0 radical (unpaired) electrons. The summed E-state index contributed by atoms with van der Waals surface area (Å²) >= 11 is 0. The maximum atomic E-state index is 9.45. The number of para-hydroxylation sites is 1. The van der Waals surface area contributed by atoms with Gasteiger partial charge in [-0.15, -0.1) is 0 Å². The Balaban J connectivity index is 0.000000255. The average molecular weight is 198 g/mol. The minimum absolute atomic E-state index is 0.368. The van der Waals surface area contributed by atoms with Gasteiger partial charge in [0.15, 0.2) is 0 Å². The first kappa shape index (κ1) is 12.4. The molecule has 0 aliphatic carbocycles. The highest BCUT2D eigenvalue weighted by molar-refractivity contribution is 5.71. The summed E-state index contributed by atoms with van der Waals surface area (Å²) in [4.78, 5) is 9.45. The highest BCUT2D eigenvalue weighted by atomic mass is 16.4. The molecule has 0 saturated heterocycles. The number of aromatic hydroxyl groups is 1. The van der Waals surface area contributed by atoms with E-state index in [-0.39, 0.29) is 0 Å². The van der Waals surface area contributed by atoms with Crippen LogP contribution in [0.2, 0.25) is 0 Å². The summed E-state index contributed by atoms with van der Waals surface area (Å²) in [6.45, 7) is 3.07. The second kappa shape index (κ2) is 5.99. The van der Waals surface area contributed by atoms with Crippen LogP contribution in [-0.4, -0.2) is 27.4 Å². The number of hydrogen-bond acceptors (Lipinski definition) is 3. The third-order valence-corrected chi connectivity index (χ3v) is 1.47. The van der Waals surface area contributed by atoms with Crippen molar-refractivity contribution in [2.75, 3.05) is 0 Å². The molecule has 1 atom stereocenters. The van der Waals surface area contributed by atoms with Crippen molar-refractivity contribution in [2.24, 2.45) is 0 Å². The molecule has 0 saturated carbocycles. The van der Waals surface area contributed by atoms with Crippen molar-refractivity contribution >= 4 is 5.97 Å². The van der Waals surface area contributed by atoms with Gasteiger partial charge in [0.1, 0.15) is 11.9 Å². The third kappa shape index (κ3) is 5.16. The summed E-state index contributed by atoms with van der Waals surface area (Å²) < 4.78 is 0. The predicted molar refractivity (Wildman–Crippen MR) is 52.2 cm³/mol. The van der Waals surface area contributed by atoms with Crippen LogP contribution < -0.4 is 0 Å². The third-order valence-electron chi connectivity index (χ3n) is 1.47. The molecule has 1 aromatic rings. The number of carboxylic acid groups (broad SMARTS) is 1. The van der Waals surface area contributed by atoms with E-state index in [0.717, 1.165) is 5.56 Å². The second-order valence-electron chi connectivity index (χ2n) is 2.80. The summed E-state index contributed by atoms with van der Waals surface area (Å²) in [6, 6.07) is 7.25. The number of carbonyl (C=O) groups is 1. The van der Waals surface area contributed by atoms with E-state index in [9.17, 15) is 4.79 Å². The van der Waals surface area contributed by atoms with Crippen LogP contribution in [0.3, 0.4) is 0 Å². The van der Waals surface area contributed by atoms with Crippen molar-refractivity contribution in [3.63, 3.8) is 0 Å². The molecule has 0 aliphatic rings. The fourth-order valence-corrected chi connectivity index (χ4v) is 0.563. The SMILES string of the molecule is CC(O)C(=O)O.Cc1ccccc1O. The van der Waals surface area contributed by atoms with E-state index >= 15 is 0 Å². The Morgan fingerprint density at radius 1 is 1.36 bits per heavy atom. The van der Waals surface area contributed by atoms with Crippen LogP contribution in [0.5, 0.6) is 5.75 Å². The van der Waals surface area contributed by atoms with Crippen LogP contribution >= 0.6 is 0 Å². The topological polar surface area (TPSA) is 77.8 Å². The number of phenols is 1. The molecule has 1 unspecified atom stereocenters. The minimum atomic E-state index is -1.23. The zero-order valence-electron chi connectivity index (χ0n) is 8.14. The van der Waals surface area contributed by atoms with Gasteiger partial charge in [0.05, 0.1) is 0 Å². The van der Waals surface area contributed by atoms with Crippen molar-refractivity contribution in [3.05, 3.63) is 29.8 Å². The molecule has 0 amide bonds. The zero-order chi connectivity index (χ0) is 11.1. The summed E-state index contributed by atoms with van der Waals surface area (Å²) in [5.41, 5.74) is 0.924. The summed E-state index contributed by atoms with van der Waals surface area (Å²) in [7, 11) is 0. The average Bonchev–Trinajstić information content (AvgIpc) is 2.11. The van der Waals surface area contributed by atoms with Gasteiger partial charge in [-0.05, 0) is 25.5 Å². The number of aliphatic hydroxyl groups is 1. The van der Waals surface area contributed by atoms with Crippen LogP contribution in [0, 0.1) is 6.92 Å². The van der Waals surface area contributed by atoms with Gasteiger partial charge in [-0.1, -0.05) is 18.2 Å². The Morgan fingerprint density at radius 2 is 1.79 bits per heavy atom. The molecule has 0 aliphatic heterocycles. The molecule has 4 heteroatoms. The number of carboxylic acids is 1. The number of hydrogen-bond donors (Lipinski definition) is 3. The summed E-state index contributed by atoms with van der Waals surface area (Å²) in [6.07, 6.45) is -1.23. The lowest BCUT2D eigenvalue weighted by Gasteiger charge is -1.92. The fraction of sp³-hybridized carbons (Fsp3) is 0.300. The van der Waals surface area contributed by atoms with Gasteiger partial charge in [0.2, 0.25) is 0 Å². The van der Waals surface area contributed by atoms with Crippen molar-refractivity contribution in [1.82, 2.24) is 0 Å². The molecule has 0 aromatic heterocycles. The molecule has 0 spiro atoms. The monoisotopic (exact) mass is 198 g/mol. The number of aliphatic hydroxyl groups excluding tert-OH is 1. The van der Waals surface area contributed by atoms with Crippen molar-refractivity contribution in [1.29, 1.82) is 0 Å². The van der Waals surface area contributed by atoms with Crippen molar-refractivity contribution in [2.45, 2.75) is 20.0 Å². The lowest BCUT2D eigenvalue weighted by Crippen LogP contribution is -2.13. The highest BCUT2D eigenvalue weighted by Crippen LogP contribution is 2.12. The molecule has 0 heterocycles. The van der Waals surface area contributed by atoms with E-state index < -0.39 is 12.1 Å². The standard InChI is InChI=1S/C7H8O.C3H6O3/c1-6-4-2-3-5-7(6)8;1-2(4)3(5)6/h2-5,8H,1H3;2,4H,1H3,(H,5,6). The summed E-state index contributed by atoms with van der Waals surface area (Å²) in [5, 5.41) is 24.7. The molecule has 14 heavy (non-hydrogen) atoms. The Labute approximate surface area is 82.4 Å². The van der Waals surface area contributed by atoms with E-state index in [1.807, 2.05) is 25.1 Å². The first-order chi connectivity index (χ1) is 6.45. The molecule has 0 bridgehead atoms. The molecule has 0 fully saturated rings. The molecular weight excluding hydrogens is 184 g/mol. The van der Waals surface area contributed by atoms with Gasteiger partial charge in [-0.3, -0.25) is 0 Å². The van der Waals surface area contributed by atoms with Crippen molar-refractivity contribution < 1.29 is 20.1 Å². The maximum Gasteiger partial charge on any atom is 0.332 e. The van der Waals surface area contributed by atoms with Gasteiger partial charge in [-0.2, -0.15) is 0 Å². The fourth-order valence-electron chi connectivity index (χ4n) is 0.563. The van der Waals surface area contributed by atoms with Crippen LogP contribution in [0.15, 0.2) is 24.3 Å². The highest BCUT2D eigenvalue weighted by Gasteiger charge is 2.01. The van der Waals surface area contributed by atoms with Gasteiger partial charge < -0.3 is 15.3 Å². The largest absolute Gasteiger partial charge is 0.508 e. The van der Waals surface area contributed by atoms with E-state index in [2.05, 4.69) is 0 Å². The van der Waals surface area contributed by atoms with E-state index in [1.54, 1.807) is 6.07 Å². The van der Waals surface area contributed by atoms with Gasteiger partial charge >= 0.3 is 5.97 Å². The van der Waals surface area contributed by atoms with Gasteiger partial charge in [0.25, 0.3) is 0 Å². The van der Waals surface area contributed by atoms with Crippen LogP contribution in [-0.2, 0) is 4.79 Å². The van der Waals surface area contributed by atoms with Crippen LogP contribution in [0.4, 0.5) is 0 Å². The Bertz CT molecular complexity index is 273. The lowest BCUT2D eigenvalue weighted by molar-refractivity contribution is -0.145. The van der Waals surface area contributed by atoms with Crippen molar-refractivity contribution in [3.8, 4) is 5.75 Å². The first-order valence-electron chi connectivity index (χ1n) is 4.10. The number of benzene rings is 1. The predicted octanol–water partition coefficient (Wildman–Crippen LogP) is 1.15. The lowest BCUT2D eigenvalue weighted by atomic mass is 10.2. The van der Waals surface area contributed by atoms with E-state index in [4.69, 9.17) is 15.3 Å². The zero-order valence-corrected chi connectivity index (χ0v) is 8.14. The van der Waals surface area contributed by atoms with E-state index in [1.165, 1.54) is 6.92 Å². The number of rotatable bonds is 1. The van der Waals surface area contributed by atoms with Gasteiger partial charge in [-0.25, -0.2) is 4.79 Å². The number of phenolic OH excluding ortho intramolecular Hbond substituents is 1. The summed E-state index contributed by atoms with van der Waals surface area (Å²) in [5.74, 6) is -0.817. The minimum Gasteiger partial charge on any atom is -0.508 e. The number of aliphatic carboxylic acids is 1. The van der Waals surface area contributed by atoms with E-state index in [0.29, 0.717) is 5.75 Å². The quantitative estimate of drug-likeness (QED) is 0.632. The first-order valence-corrected chi connectivity index (χ1v) is 4.10. The normalized spacial score (nSPS) is 11.1. The van der Waals surface area contributed by atoms with Crippen LogP contribution in [0.1, 0.15) is 12.5 Å². The second-order valence-corrected chi connectivity index (χ2v) is 2.80. The smallest absolute Gasteiger partial charge is 0.332 e. The van der Waals surface area contributed by atoms with Crippen LogP contribution in [0.25, 0.3) is 0 Å². The molecule has 4 nitrogen and oxygen atoms in total. The Morgan fingerprint density at radius 3 is 2.00 bits per heavy atom. The molecule has 78 valence electrons. The van der Waals surface area contributed by atoms with Gasteiger partial charge in [0, 0.05) is 0 Å². The maximum absolute atomic E-state index is 9.45. The Hall–Kier alpha value is -1.55. The molecule has 3 N–H and O–H groups in total. The Kier molecular flexibility index (Phi) is 5.33. The number of aryl methyl sites for hydroxylation is 1.